The number of alkyl halides is 1. The number of hydrogen-bond acceptors (Lipinski definition) is 3. The molecule has 5 nitrogen and oxygen atoms in total. The highest BCUT2D eigenvalue weighted by molar-refractivity contribution is 6.19. The molecule has 3 aromatic rings. The summed E-state index contributed by atoms with van der Waals surface area (Å²) in [6, 6.07) is 14.6. The number of amides is 1. The Morgan fingerprint density at radius 3 is 2.53 bits per heavy atom. The first-order chi connectivity index (χ1) is 14.2. The monoisotopic (exact) mass is 425 g/mol. The average Bonchev–Trinajstić information content (AvgIpc) is 2.74. The second-order valence-corrected chi connectivity index (χ2v) is 8.52. The molecule has 0 aliphatic heterocycles. The van der Waals surface area contributed by atoms with Crippen molar-refractivity contribution >= 4 is 28.4 Å². The van der Waals surface area contributed by atoms with E-state index in [-0.39, 0.29) is 17.3 Å². The zero-order valence-corrected chi connectivity index (χ0v) is 18.9. The van der Waals surface area contributed by atoms with Gasteiger partial charge in [-0.2, -0.15) is 0 Å². The van der Waals surface area contributed by atoms with Crippen LogP contribution in [0.3, 0.4) is 0 Å². The maximum Gasteiger partial charge on any atom is 0.266 e. The van der Waals surface area contributed by atoms with Gasteiger partial charge in [-0.15, -0.1) is 11.6 Å². The number of carbonyl (C=O) groups excluding carboxylic acids is 1. The van der Waals surface area contributed by atoms with E-state index in [9.17, 15) is 9.59 Å². The van der Waals surface area contributed by atoms with E-state index in [0.717, 1.165) is 11.3 Å². The molecule has 6 heteroatoms. The fourth-order valence-electron chi connectivity index (χ4n) is 3.63. The molecule has 0 saturated carbocycles. The van der Waals surface area contributed by atoms with E-state index in [1.54, 1.807) is 15.5 Å². The Morgan fingerprint density at radius 1 is 1.20 bits per heavy atom. The Morgan fingerprint density at radius 2 is 1.90 bits per heavy atom. The molecule has 1 amide bonds. The van der Waals surface area contributed by atoms with E-state index >= 15 is 0 Å². The van der Waals surface area contributed by atoms with Crippen molar-refractivity contribution in [2.75, 3.05) is 12.4 Å². The summed E-state index contributed by atoms with van der Waals surface area (Å²) < 4.78 is 1.63. The Kier molecular flexibility index (Phi) is 6.32. The van der Waals surface area contributed by atoms with Gasteiger partial charge in [0.05, 0.1) is 28.0 Å². The Bertz CT molecular complexity index is 1140. The van der Waals surface area contributed by atoms with Crippen LogP contribution in [0.5, 0.6) is 0 Å². The first-order valence-electron chi connectivity index (χ1n) is 10.2. The van der Waals surface area contributed by atoms with E-state index in [1.807, 2.05) is 77.1 Å². The molecule has 3 rings (SSSR count). The van der Waals surface area contributed by atoms with E-state index in [1.165, 1.54) is 0 Å². The molecule has 0 radical (unpaired) electrons. The van der Waals surface area contributed by atoms with E-state index in [0.29, 0.717) is 23.3 Å². The third-order valence-electron chi connectivity index (χ3n) is 5.42. The first kappa shape index (κ1) is 22.0. The minimum absolute atomic E-state index is 0.0642. The predicted molar refractivity (Wildman–Crippen MR) is 122 cm³/mol. The predicted octanol–water partition coefficient (Wildman–Crippen LogP) is 4.87. The minimum Gasteiger partial charge on any atom is -0.333 e. The van der Waals surface area contributed by atoms with Crippen molar-refractivity contribution < 1.29 is 4.79 Å². The molecule has 1 atom stereocenters. The zero-order valence-electron chi connectivity index (χ0n) is 18.1. The molecular weight excluding hydrogens is 398 g/mol. The Balaban J connectivity index is 2.27. The van der Waals surface area contributed by atoms with Gasteiger partial charge in [0.2, 0.25) is 5.91 Å². The topological polar surface area (TPSA) is 55.2 Å². The summed E-state index contributed by atoms with van der Waals surface area (Å²) >= 11 is 6.07. The fraction of sp³-hybridized carbons (Fsp3) is 0.375. The molecule has 0 aliphatic carbocycles. The molecule has 0 spiro atoms. The standard InChI is InChI=1S/C24H28ClN3O2/c1-6-27(23(30)24(4,5)15-25)17(3)21-26-20-13-8-7-12-19(20)22(29)28(21)18-11-9-10-16(2)14-18/h7-14,17H,6,15H2,1-5H3. The van der Waals surface area contributed by atoms with Crippen LogP contribution in [0.1, 0.15) is 45.1 Å². The number of rotatable bonds is 6. The smallest absolute Gasteiger partial charge is 0.266 e. The third kappa shape index (κ3) is 3.99. The summed E-state index contributed by atoms with van der Waals surface area (Å²) in [6.45, 7) is 9.97. The highest BCUT2D eigenvalue weighted by atomic mass is 35.5. The number of benzene rings is 2. The van der Waals surface area contributed by atoms with Gasteiger partial charge in [0.1, 0.15) is 5.82 Å². The number of para-hydroxylation sites is 1. The number of hydrogen-bond donors (Lipinski definition) is 0. The van der Waals surface area contributed by atoms with E-state index < -0.39 is 11.5 Å². The first-order valence-corrected chi connectivity index (χ1v) is 10.7. The molecule has 30 heavy (non-hydrogen) atoms. The SMILES string of the molecule is CCN(C(=O)C(C)(C)CCl)C(C)c1nc2ccccc2c(=O)n1-c1cccc(C)c1. The molecule has 0 aliphatic rings. The van der Waals surface area contributed by atoms with Crippen LogP contribution in [0.2, 0.25) is 0 Å². The van der Waals surface area contributed by atoms with E-state index in [4.69, 9.17) is 16.6 Å². The highest BCUT2D eigenvalue weighted by Gasteiger charge is 2.35. The largest absolute Gasteiger partial charge is 0.333 e. The molecule has 1 aromatic heterocycles. The van der Waals surface area contributed by atoms with Gasteiger partial charge in [0.25, 0.3) is 5.56 Å². The van der Waals surface area contributed by atoms with Gasteiger partial charge in [0.15, 0.2) is 0 Å². The normalized spacial score (nSPS) is 12.7. The van der Waals surface area contributed by atoms with Gasteiger partial charge in [-0.3, -0.25) is 14.2 Å². The Hall–Kier alpha value is -2.66. The lowest BCUT2D eigenvalue weighted by atomic mass is 9.93. The number of carbonyl (C=O) groups is 1. The van der Waals surface area contributed by atoms with Crippen molar-refractivity contribution in [2.24, 2.45) is 5.41 Å². The third-order valence-corrected chi connectivity index (χ3v) is 6.09. The van der Waals surface area contributed by atoms with Crippen LogP contribution in [-0.4, -0.2) is 32.8 Å². The maximum absolute atomic E-state index is 13.5. The second-order valence-electron chi connectivity index (χ2n) is 8.25. The summed E-state index contributed by atoms with van der Waals surface area (Å²) in [7, 11) is 0. The van der Waals surface area contributed by atoms with Crippen LogP contribution < -0.4 is 5.56 Å². The van der Waals surface area contributed by atoms with Crippen molar-refractivity contribution in [3.05, 3.63) is 70.3 Å². The van der Waals surface area contributed by atoms with Crippen molar-refractivity contribution in [1.82, 2.24) is 14.5 Å². The molecule has 2 aromatic carbocycles. The summed E-state index contributed by atoms with van der Waals surface area (Å²) in [4.78, 5) is 33.3. The molecular formula is C24H28ClN3O2. The van der Waals surface area contributed by atoms with Crippen molar-refractivity contribution in [2.45, 2.75) is 40.7 Å². The second kappa shape index (κ2) is 8.60. The van der Waals surface area contributed by atoms with Crippen LogP contribution >= 0.6 is 11.6 Å². The van der Waals surface area contributed by atoms with Crippen LogP contribution in [0.15, 0.2) is 53.3 Å². The number of nitrogens with zero attached hydrogens (tertiary/aromatic N) is 3. The van der Waals surface area contributed by atoms with Crippen LogP contribution in [0.4, 0.5) is 0 Å². The lowest BCUT2D eigenvalue weighted by molar-refractivity contribution is -0.141. The maximum atomic E-state index is 13.5. The van der Waals surface area contributed by atoms with Gasteiger partial charge in [0, 0.05) is 12.4 Å². The van der Waals surface area contributed by atoms with Gasteiger partial charge in [-0.25, -0.2) is 4.98 Å². The summed E-state index contributed by atoms with van der Waals surface area (Å²) in [5, 5.41) is 0.547. The molecule has 0 fully saturated rings. The van der Waals surface area contributed by atoms with Crippen molar-refractivity contribution in [3.63, 3.8) is 0 Å². The zero-order chi connectivity index (χ0) is 22.1. The van der Waals surface area contributed by atoms with Crippen molar-refractivity contribution in [1.29, 1.82) is 0 Å². The number of fused-ring (bicyclic) bond motifs is 1. The summed E-state index contributed by atoms with van der Waals surface area (Å²) in [5.41, 5.74) is 1.54. The fourth-order valence-corrected chi connectivity index (χ4v) is 3.74. The molecule has 0 saturated heterocycles. The molecule has 1 unspecified atom stereocenters. The lowest BCUT2D eigenvalue weighted by Crippen LogP contribution is -2.44. The molecule has 158 valence electrons. The van der Waals surface area contributed by atoms with Gasteiger partial charge in [-0.1, -0.05) is 24.3 Å². The number of halogens is 1. The quantitative estimate of drug-likeness (QED) is 0.529. The van der Waals surface area contributed by atoms with Gasteiger partial charge in [-0.05, 0) is 64.4 Å². The van der Waals surface area contributed by atoms with Crippen LogP contribution in [0, 0.1) is 12.3 Å². The van der Waals surface area contributed by atoms with E-state index in [2.05, 4.69) is 0 Å². The summed E-state index contributed by atoms with van der Waals surface area (Å²) in [5.74, 6) is 0.681. The van der Waals surface area contributed by atoms with Crippen LogP contribution in [0.25, 0.3) is 16.6 Å². The van der Waals surface area contributed by atoms with Crippen molar-refractivity contribution in [3.8, 4) is 5.69 Å². The average molecular weight is 426 g/mol. The Labute approximate surface area is 182 Å². The van der Waals surface area contributed by atoms with Crippen LogP contribution in [-0.2, 0) is 4.79 Å². The summed E-state index contributed by atoms with van der Waals surface area (Å²) in [6.07, 6.45) is 0. The number of aryl methyl sites for hydroxylation is 1. The molecule has 1 heterocycles. The highest BCUT2D eigenvalue weighted by Crippen LogP contribution is 2.28. The number of aromatic nitrogens is 2. The molecule has 0 N–H and O–H groups in total. The minimum atomic E-state index is -0.711. The van der Waals surface area contributed by atoms with Gasteiger partial charge >= 0.3 is 0 Å². The lowest BCUT2D eigenvalue weighted by Gasteiger charge is -2.35. The molecule has 0 bridgehead atoms. The van der Waals surface area contributed by atoms with Gasteiger partial charge < -0.3 is 4.90 Å².